The van der Waals surface area contributed by atoms with Crippen LogP contribution in [0.2, 0.25) is 18.1 Å². The maximum absolute atomic E-state index is 6.55. The van der Waals surface area contributed by atoms with E-state index in [1.54, 1.807) is 0 Å². The van der Waals surface area contributed by atoms with Gasteiger partial charge in [0, 0.05) is 5.88 Å². The van der Waals surface area contributed by atoms with E-state index in [-0.39, 0.29) is 11.1 Å². The van der Waals surface area contributed by atoms with Gasteiger partial charge in [-0.15, -0.1) is 11.6 Å². The van der Waals surface area contributed by atoms with Crippen LogP contribution in [0.15, 0.2) is 0 Å². The fourth-order valence-electron chi connectivity index (χ4n) is 2.36. The Morgan fingerprint density at radius 3 is 2.26 bits per heavy atom. The van der Waals surface area contributed by atoms with Gasteiger partial charge < -0.3 is 9.16 Å². The molecule has 0 radical (unpaired) electrons. The minimum absolute atomic E-state index is 0.168. The Bertz CT molecular complexity index is 276. The molecule has 0 aliphatic carbocycles. The predicted octanol–water partition coefficient (Wildman–Crippen LogP) is 4.96. The van der Waals surface area contributed by atoms with Crippen LogP contribution < -0.4 is 0 Å². The van der Waals surface area contributed by atoms with Gasteiger partial charge in [0.25, 0.3) is 0 Å². The van der Waals surface area contributed by atoms with E-state index in [1.165, 1.54) is 0 Å². The molecule has 1 fully saturated rings. The molecule has 0 saturated carbocycles. The standard InChI is InChI=1S/C15H31ClO2Si/c1-7-8-12-9-13(10-14(11-16)17-12)18-19(5,6)15(2,3)4/h12-14H,7-11H2,1-6H3/t12-,13+,14-/m0/s1. The van der Waals surface area contributed by atoms with Crippen molar-refractivity contribution in [1.82, 2.24) is 0 Å². The summed E-state index contributed by atoms with van der Waals surface area (Å²) in [6.07, 6.45) is 5.09. The van der Waals surface area contributed by atoms with E-state index in [2.05, 4.69) is 40.8 Å². The fourth-order valence-corrected chi connectivity index (χ4v) is 3.94. The van der Waals surface area contributed by atoms with E-state index in [0.29, 0.717) is 18.1 Å². The van der Waals surface area contributed by atoms with E-state index >= 15 is 0 Å². The molecule has 1 aliphatic heterocycles. The first-order valence-electron chi connectivity index (χ1n) is 7.59. The van der Waals surface area contributed by atoms with Crippen LogP contribution in [0.4, 0.5) is 0 Å². The highest BCUT2D eigenvalue weighted by Crippen LogP contribution is 2.39. The van der Waals surface area contributed by atoms with Crippen molar-refractivity contribution in [3.63, 3.8) is 0 Å². The van der Waals surface area contributed by atoms with Crippen LogP contribution in [0.5, 0.6) is 0 Å². The van der Waals surface area contributed by atoms with Crippen molar-refractivity contribution >= 4 is 19.9 Å². The van der Waals surface area contributed by atoms with E-state index < -0.39 is 8.32 Å². The lowest BCUT2D eigenvalue weighted by Crippen LogP contribution is -2.48. The highest BCUT2D eigenvalue weighted by Gasteiger charge is 2.41. The molecule has 1 rings (SSSR count). The first kappa shape index (κ1) is 17.5. The number of hydrogen-bond donors (Lipinski definition) is 0. The summed E-state index contributed by atoms with van der Waals surface area (Å²) in [5, 5.41) is 0.266. The van der Waals surface area contributed by atoms with Gasteiger partial charge in [-0.05, 0) is 37.4 Å². The van der Waals surface area contributed by atoms with Crippen LogP contribution in [0.1, 0.15) is 53.4 Å². The third kappa shape index (κ3) is 5.03. The van der Waals surface area contributed by atoms with Crippen LogP contribution >= 0.6 is 11.6 Å². The molecule has 114 valence electrons. The maximum atomic E-state index is 6.55. The zero-order chi connectivity index (χ0) is 14.7. The summed E-state index contributed by atoms with van der Waals surface area (Å²) in [7, 11) is -1.69. The first-order valence-corrected chi connectivity index (χ1v) is 11.0. The van der Waals surface area contributed by atoms with Gasteiger partial charge in [0.05, 0.1) is 18.3 Å². The molecule has 2 nitrogen and oxygen atoms in total. The topological polar surface area (TPSA) is 18.5 Å². The number of rotatable bonds is 5. The molecule has 0 aromatic heterocycles. The molecule has 1 saturated heterocycles. The van der Waals surface area contributed by atoms with Gasteiger partial charge in [0.15, 0.2) is 8.32 Å². The van der Waals surface area contributed by atoms with Crippen molar-refractivity contribution in [1.29, 1.82) is 0 Å². The highest BCUT2D eigenvalue weighted by atomic mass is 35.5. The summed E-state index contributed by atoms with van der Waals surface area (Å²) >= 11 is 6.00. The van der Waals surface area contributed by atoms with Gasteiger partial charge in [0.1, 0.15) is 0 Å². The molecule has 0 amide bonds. The lowest BCUT2D eigenvalue weighted by molar-refractivity contribution is -0.0848. The number of ether oxygens (including phenoxy) is 1. The summed E-state index contributed by atoms with van der Waals surface area (Å²) in [5.41, 5.74) is 0. The Labute approximate surface area is 125 Å². The monoisotopic (exact) mass is 306 g/mol. The molecule has 0 aromatic rings. The van der Waals surface area contributed by atoms with E-state index in [9.17, 15) is 0 Å². The second-order valence-electron chi connectivity index (χ2n) is 7.29. The van der Waals surface area contributed by atoms with Gasteiger partial charge >= 0.3 is 0 Å². The SMILES string of the molecule is CCC[C@H]1C[C@@H](O[Si](C)(C)C(C)(C)C)C[C@@H](CCl)O1. The van der Waals surface area contributed by atoms with Crippen molar-refractivity contribution in [2.75, 3.05) is 5.88 Å². The minimum Gasteiger partial charge on any atom is -0.414 e. The zero-order valence-corrected chi connectivity index (χ0v) is 15.2. The molecule has 0 spiro atoms. The molecule has 1 heterocycles. The fraction of sp³-hybridized carbons (Fsp3) is 1.00. The van der Waals surface area contributed by atoms with Crippen molar-refractivity contribution in [2.45, 2.75) is 89.8 Å². The lowest BCUT2D eigenvalue weighted by atomic mass is 9.99. The van der Waals surface area contributed by atoms with Crippen LogP contribution in [-0.2, 0) is 9.16 Å². The molecule has 0 unspecified atom stereocenters. The molecule has 3 atom stereocenters. The summed E-state index contributed by atoms with van der Waals surface area (Å²) in [6.45, 7) is 13.7. The Morgan fingerprint density at radius 2 is 1.79 bits per heavy atom. The molecule has 0 N–H and O–H groups in total. The Morgan fingerprint density at radius 1 is 1.21 bits per heavy atom. The van der Waals surface area contributed by atoms with Crippen molar-refractivity contribution in [3.8, 4) is 0 Å². The summed E-state index contributed by atoms with van der Waals surface area (Å²) in [6, 6.07) is 0. The van der Waals surface area contributed by atoms with Crippen molar-refractivity contribution in [2.24, 2.45) is 0 Å². The maximum Gasteiger partial charge on any atom is 0.192 e. The second kappa shape index (κ2) is 6.93. The zero-order valence-electron chi connectivity index (χ0n) is 13.5. The summed E-state index contributed by atoms with van der Waals surface area (Å²) < 4.78 is 12.6. The second-order valence-corrected chi connectivity index (χ2v) is 12.4. The Kier molecular flexibility index (Phi) is 6.37. The highest BCUT2D eigenvalue weighted by molar-refractivity contribution is 6.74. The van der Waals surface area contributed by atoms with Crippen LogP contribution in [0.25, 0.3) is 0 Å². The molecule has 0 aromatic carbocycles. The van der Waals surface area contributed by atoms with Crippen LogP contribution in [0, 0.1) is 0 Å². The number of halogens is 1. The average molecular weight is 307 g/mol. The third-order valence-electron chi connectivity index (χ3n) is 4.49. The van der Waals surface area contributed by atoms with Crippen molar-refractivity contribution in [3.05, 3.63) is 0 Å². The van der Waals surface area contributed by atoms with Crippen LogP contribution in [0.3, 0.4) is 0 Å². The molecule has 0 bridgehead atoms. The Hall–Kier alpha value is 0.427. The third-order valence-corrected chi connectivity index (χ3v) is 9.37. The van der Waals surface area contributed by atoms with Gasteiger partial charge in [-0.2, -0.15) is 0 Å². The largest absolute Gasteiger partial charge is 0.414 e. The normalized spacial score (nSPS) is 29.5. The summed E-state index contributed by atoms with van der Waals surface area (Å²) in [5.74, 6) is 0.581. The molecule has 4 heteroatoms. The van der Waals surface area contributed by atoms with E-state index in [0.717, 1.165) is 25.7 Å². The molecular formula is C15H31ClO2Si. The van der Waals surface area contributed by atoms with Crippen LogP contribution in [-0.4, -0.2) is 32.5 Å². The van der Waals surface area contributed by atoms with Gasteiger partial charge in [-0.25, -0.2) is 0 Å². The molecular weight excluding hydrogens is 276 g/mol. The predicted molar refractivity (Wildman–Crippen MR) is 85.6 cm³/mol. The quantitative estimate of drug-likeness (QED) is 0.528. The Balaban J connectivity index is 2.66. The van der Waals surface area contributed by atoms with E-state index in [4.69, 9.17) is 20.8 Å². The van der Waals surface area contributed by atoms with Gasteiger partial charge in [-0.3, -0.25) is 0 Å². The first-order chi connectivity index (χ1) is 8.69. The number of hydrogen-bond acceptors (Lipinski definition) is 2. The number of alkyl halides is 1. The van der Waals surface area contributed by atoms with Crippen molar-refractivity contribution < 1.29 is 9.16 Å². The molecule has 19 heavy (non-hydrogen) atoms. The summed E-state index contributed by atoms with van der Waals surface area (Å²) in [4.78, 5) is 0. The lowest BCUT2D eigenvalue weighted by Gasteiger charge is -2.43. The molecule has 1 aliphatic rings. The average Bonchev–Trinajstić information content (AvgIpc) is 2.26. The smallest absolute Gasteiger partial charge is 0.192 e. The van der Waals surface area contributed by atoms with Gasteiger partial charge in [-0.1, -0.05) is 34.1 Å². The minimum atomic E-state index is -1.69. The van der Waals surface area contributed by atoms with E-state index in [1.807, 2.05) is 0 Å². The van der Waals surface area contributed by atoms with Gasteiger partial charge in [0.2, 0.25) is 0 Å².